The van der Waals surface area contributed by atoms with E-state index in [1.165, 1.54) is 17.0 Å². The van der Waals surface area contributed by atoms with Gasteiger partial charge in [-0.15, -0.1) is 0 Å². The lowest BCUT2D eigenvalue weighted by Gasteiger charge is -2.27. The Morgan fingerprint density at radius 3 is 3.05 bits per heavy atom. The van der Waals surface area contributed by atoms with Gasteiger partial charge in [-0.2, -0.15) is 0 Å². The SMILES string of the molecule is CN(CCOc1cccc(F)c1)C(=O)C1(N)CCOC1. The maximum atomic E-state index is 13.0. The fourth-order valence-electron chi connectivity index (χ4n) is 2.09. The lowest BCUT2D eigenvalue weighted by molar-refractivity contribution is -0.136. The second-order valence-corrected chi connectivity index (χ2v) is 4.99. The largest absolute Gasteiger partial charge is 0.492 e. The first-order valence-electron chi connectivity index (χ1n) is 6.52. The zero-order valence-electron chi connectivity index (χ0n) is 11.5. The molecule has 1 aliphatic rings. The molecule has 0 saturated carbocycles. The van der Waals surface area contributed by atoms with E-state index in [4.69, 9.17) is 15.2 Å². The Balaban J connectivity index is 1.80. The zero-order valence-corrected chi connectivity index (χ0v) is 11.5. The molecule has 5 nitrogen and oxygen atoms in total. The number of nitrogens with two attached hydrogens (primary N) is 1. The number of ether oxygens (including phenoxy) is 2. The van der Waals surface area contributed by atoms with E-state index in [-0.39, 0.29) is 24.9 Å². The molecule has 1 fully saturated rings. The molecule has 1 heterocycles. The summed E-state index contributed by atoms with van der Waals surface area (Å²) in [5, 5.41) is 0. The van der Waals surface area contributed by atoms with Crippen molar-refractivity contribution in [1.82, 2.24) is 4.90 Å². The molecule has 110 valence electrons. The first-order valence-corrected chi connectivity index (χ1v) is 6.52. The summed E-state index contributed by atoms with van der Waals surface area (Å²) in [6.45, 7) is 1.42. The van der Waals surface area contributed by atoms with E-state index in [2.05, 4.69) is 0 Å². The number of nitrogens with zero attached hydrogens (tertiary/aromatic N) is 1. The molecule has 2 N–H and O–H groups in total. The summed E-state index contributed by atoms with van der Waals surface area (Å²) < 4.78 is 23.5. The maximum Gasteiger partial charge on any atom is 0.245 e. The monoisotopic (exact) mass is 282 g/mol. The summed E-state index contributed by atoms with van der Waals surface area (Å²) in [7, 11) is 1.67. The Morgan fingerprint density at radius 2 is 2.40 bits per heavy atom. The number of hydrogen-bond acceptors (Lipinski definition) is 4. The van der Waals surface area contributed by atoms with Crippen LogP contribution in [-0.4, -0.2) is 49.8 Å². The van der Waals surface area contributed by atoms with Crippen molar-refractivity contribution < 1.29 is 18.7 Å². The van der Waals surface area contributed by atoms with E-state index >= 15 is 0 Å². The zero-order chi connectivity index (χ0) is 14.6. The molecule has 0 radical (unpaired) electrons. The molecule has 1 atom stereocenters. The van der Waals surface area contributed by atoms with Gasteiger partial charge in [0.25, 0.3) is 0 Å². The van der Waals surface area contributed by atoms with Crippen LogP contribution in [-0.2, 0) is 9.53 Å². The minimum absolute atomic E-state index is 0.155. The van der Waals surface area contributed by atoms with Crippen LogP contribution >= 0.6 is 0 Å². The Kier molecular flexibility index (Phi) is 4.57. The van der Waals surface area contributed by atoms with Crippen LogP contribution in [0.4, 0.5) is 4.39 Å². The fourth-order valence-corrected chi connectivity index (χ4v) is 2.09. The van der Waals surface area contributed by atoms with Crippen molar-refractivity contribution >= 4 is 5.91 Å². The lowest BCUT2D eigenvalue weighted by atomic mass is 9.99. The number of likely N-dealkylation sites (N-methyl/N-ethyl adjacent to an activating group) is 1. The van der Waals surface area contributed by atoms with Gasteiger partial charge in [0.1, 0.15) is 23.7 Å². The van der Waals surface area contributed by atoms with E-state index < -0.39 is 5.54 Å². The molecule has 2 rings (SSSR count). The van der Waals surface area contributed by atoms with Gasteiger partial charge in [-0.3, -0.25) is 4.79 Å². The molecular weight excluding hydrogens is 263 g/mol. The van der Waals surface area contributed by atoms with Gasteiger partial charge in [0.2, 0.25) is 5.91 Å². The number of hydrogen-bond donors (Lipinski definition) is 1. The average Bonchev–Trinajstić information content (AvgIpc) is 2.86. The minimum Gasteiger partial charge on any atom is -0.492 e. The summed E-state index contributed by atoms with van der Waals surface area (Å²) in [4.78, 5) is 13.7. The fraction of sp³-hybridized carbons (Fsp3) is 0.500. The molecule has 1 saturated heterocycles. The van der Waals surface area contributed by atoms with E-state index in [1.54, 1.807) is 19.2 Å². The quantitative estimate of drug-likeness (QED) is 0.867. The highest BCUT2D eigenvalue weighted by molar-refractivity contribution is 5.86. The number of halogens is 1. The lowest BCUT2D eigenvalue weighted by Crippen LogP contribution is -2.55. The Hall–Kier alpha value is -1.66. The van der Waals surface area contributed by atoms with Crippen molar-refractivity contribution in [2.75, 3.05) is 33.4 Å². The molecule has 6 heteroatoms. The number of carbonyl (C=O) groups is 1. The number of amides is 1. The summed E-state index contributed by atoms with van der Waals surface area (Å²) >= 11 is 0. The van der Waals surface area contributed by atoms with Gasteiger partial charge in [-0.05, 0) is 18.6 Å². The van der Waals surface area contributed by atoms with Gasteiger partial charge in [0.05, 0.1) is 13.2 Å². The van der Waals surface area contributed by atoms with E-state index in [0.29, 0.717) is 25.3 Å². The summed E-state index contributed by atoms with van der Waals surface area (Å²) in [5.41, 5.74) is 5.08. The molecule has 1 unspecified atom stereocenters. The van der Waals surface area contributed by atoms with E-state index in [0.717, 1.165) is 0 Å². The summed E-state index contributed by atoms with van der Waals surface area (Å²) in [6, 6.07) is 5.89. The molecule has 0 aromatic heterocycles. The van der Waals surface area contributed by atoms with Crippen molar-refractivity contribution in [2.24, 2.45) is 5.73 Å². The van der Waals surface area contributed by atoms with Crippen molar-refractivity contribution in [2.45, 2.75) is 12.0 Å². The Labute approximate surface area is 117 Å². The first kappa shape index (κ1) is 14.7. The maximum absolute atomic E-state index is 13.0. The highest BCUT2D eigenvalue weighted by atomic mass is 19.1. The van der Waals surface area contributed by atoms with Crippen LogP contribution in [0.1, 0.15) is 6.42 Å². The van der Waals surface area contributed by atoms with Crippen LogP contribution in [0.2, 0.25) is 0 Å². The van der Waals surface area contributed by atoms with Crippen molar-refractivity contribution in [3.05, 3.63) is 30.1 Å². The van der Waals surface area contributed by atoms with Crippen LogP contribution in [0, 0.1) is 5.82 Å². The molecule has 1 aromatic carbocycles. The third-order valence-electron chi connectivity index (χ3n) is 3.32. The molecule has 0 spiro atoms. The molecule has 20 heavy (non-hydrogen) atoms. The number of carbonyl (C=O) groups excluding carboxylic acids is 1. The highest BCUT2D eigenvalue weighted by Gasteiger charge is 2.39. The Morgan fingerprint density at radius 1 is 1.60 bits per heavy atom. The number of rotatable bonds is 5. The minimum atomic E-state index is -0.923. The van der Waals surface area contributed by atoms with E-state index in [9.17, 15) is 9.18 Å². The van der Waals surface area contributed by atoms with Crippen molar-refractivity contribution in [3.8, 4) is 5.75 Å². The van der Waals surface area contributed by atoms with Gasteiger partial charge >= 0.3 is 0 Å². The van der Waals surface area contributed by atoms with Gasteiger partial charge in [-0.25, -0.2) is 4.39 Å². The van der Waals surface area contributed by atoms with Crippen LogP contribution in [0.5, 0.6) is 5.75 Å². The Bertz CT molecular complexity index is 475. The van der Waals surface area contributed by atoms with Crippen LogP contribution in [0.25, 0.3) is 0 Å². The van der Waals surface area contributed by atoms with Crippen molar-refractivity contribution in [1.29, 1.82) is 0 Å². The van der Waals surface area contributed by atoms with Gasteiger partial charge in [-0.1, -0.05) is 6.07 Å². The van der Waals surface area contributed by atoms with Crippen molar-refractivity contribution in [3.63, 3.8) is 0 Å². The molecule has 1 amide bonds. The number of benzene rings is 1. The second-order valence-electron chi connectivity index (χ2n) is 4.99. The van der Waals surface area contributed by atoms with E-state index in [1.807, 2.05) is 0 Å². The normalized spacial score (nSPS) is 21.8. The molecular formula is C14H19FN2O3. The molecule has 0 bridgehead atoms. The van der Waals surface area contributed by atoms with Gasteiger partial charge in [0, 0.05) is 19.7 Å². The summed E-state index contributed by atoms with van der Waals surface area (Å²) in [6.07, 6.45) is 0.529. The van der Waals surface area contributed by atoms with Gasteiger partial charge in [0.15, 0.2) is 0 Å². The topological polar surface area (TPSA) is 64.8 Å². The first-order chi connectivity index (χ1) is 9.51. The smallest absolute Gasteiger partial charge is 0.245 e. The standard InChI is InChI=1S/C14H19FN2O3/c1-17(13(18)14(16)5-7-19-10-14)6-8-20-12-4-2-3-11(15)9-12/h2-4,9H,5-8,10,16H2,1H3. The van der Waals surface area contributed by atoms with Crippen LogP contribution < -0.4 is 10.5 Å². The molecule has 1 aliphatic heterocycles. The van der Waals surface area contributed by atoms with Gasteiger partial charge < -0.3 is 20.1 Å². The predicted molar refractivity (Wildman–Crippen MR) is 71.9 cm³/mol. The third kappa shape index (κ3) is 3.46. The third-order valence-corrected chi connectivity index (χ3v) is 3.32. The predicted octanol–water partition coefficient (Wildman–Crippen LogP) is 0.781. The average molecular weight is 282 g/mol. The molecule has 0 aliphatic carbocycles. The van der Waals surface area contributed by atoms with Crippen LogP contribution in [0.3, 0.4) is 0 Å². The summed E-state index contributed by atoms with van der Waals surface area (Å²) in [5.74, 6) is -0.0636. The molecule has 1 aromatic rings. The van der Waals surface area contributed by atoms with Crippen LogP contribution in [0.15, 0.2) is 24.3 Å². The highest BCUT2D eigenvalue weighted by Crippen LogP contribution is 2.18. The second kappa shape index (κ2) is 6.19.